The van der Waals surface area contributed by atoms with E-state index in [1.165, 1.54) is 18.4 Å². The minimum atomic E-state index is 0.330. The Morgan fingerprint density at radius 3 is 2.53 bits per heavy atom. The largest absolute Gasteiger partial charge is 0.367 e. The third-order valence-electron chi connectivity index (χ3n) is 5.75. The van der Waals surface area contributed by atoms with Gasteiger partial charge in [-0.3, -0.25) is 4.90 Å². The highest BCUT2D eigenvalue weighted by Gasteiger charge is 2.24. The molecule has 4 nitrogen and oxygen atoms in total. The summed E-state index contributed by atoms with van der Waals surface area (Å²) in [5.41, 5.74) is 3.62. The molecule has 0 amide bonds. The lowest BCUT2D eigenvalue weighted by molar-refractivity contribution is 0.256. The average Bonchev–Trinajstić information content (AvgIpc) is 3.46. The van der Waals surface area contributed by atoms with Crippen molar-refractivity contribution in [2.75, 3.05) is 25.0 Å². The van der Waals surface area contributed by atoms with Gasteiger partial charge in [0.25, 0.3) is 0 Å². The second kappa shape index (κ2) is 8.72. The Hall–Kier alpha value is -2.47. The SMILES string of the molecule is Clc1ccc(-c2csc3ncnc(NC[C@@H](c4ccccc4)N4CCCC4)c23)cc1. The van der Waals surface area contributed by atoms with E-state index in [4.69, 9.17) is 11.6 Å². The van der Waals surface area contributed by atoms with Crippen LogP contribution >= 0.6 is 22.9 Å². The van der Waals surface area contributed by atoms with Gasteiger partial charge in [0, 0.05) is 22.5 Å². The maximum atomic E-state index is 6.09. The van der Waals surface area contributed by atoms with Crippen LogP contribution in [0.4, 0.5) is 5.82 Å². The molecule has 0 saturated carbocycles. The maximum Gasteiger partial charge on any atom is 0.138 e. The Morgan fingerprint density at radius 1 is 1.00 bits per heavy atom. The topological polar surface area (TPSA) is 41.1 Å². The quantitative estimate of drug-likeness (QED) is 0.388. The Bertz CT molecular complexity index is 1120. The fourth-order valence-corrected chi connectivity index (χ4v) is 5.27. The van der Waals surface area contributed by atoms with Gasteiger partial charge < -0.3 is 5.32 Å². The zero-order valence-corrected chi connectivity index (χ0v) is 18.2. The first-order valence-corrected chi connectivity index (χ1v) is 11.6. The van der Waals surface area contributed by atoms with E-state index >= 15 is 0 Å². The van der Waals surface area contributed by atoms with Crippen molar-refractivity contribution >= 4 is 39.0 Å². The molecule has 5 rings (SSSR count). The van der Waals surface area contributed by atoms with Crippen LogP contribution in [0.15, 0.2) is 66.3 Å². The summed E-state index contributed by atoms with van der Waals surface area (Å²) in [6.07, 6.45) is 4.19. The Kier molecular flexibility index (Phi) is 5.67. The van der Waals surface area contributed by atoms with Crippen LogP contribution in [0.2, 0.25) is 5.02 Å². The third kappa shape index (κ3) is 3.93. The molecule has 0 aliphatic carbocycles. The molecule has 3 heterocycles. The molecule has 4 aromatic rings. The van der Waals surface area contributed by atoms with Crippen LogP contribution in [0.25, 0.3) is 21.3 Å². The van der Waals surface area contributed by atoms with Crippen LogP contribution in [0, 0.1) is 0 Å². The number of hydrogen-bond donors (Lipinski definition) is 1. The number of hydrogen-bond acceptors (Lipinski definition) is 5. The van der Waals surface area contributed by atoms with Crippen molar-refractivity contribution in [2.24, 2.45) is 0 Å². The number of nitrogens with one attached hydrogen (secondary N) is 1. The molecule has 1 fully saturated rings. The summed E-state index contributed by atoms with van der Waals surface area (Å²) in [4.78, 5) is 12.7. The highest BCUT2D eigenvalue weighted by molar-refractivity contribution is 7.17. The number of halogens is 1. The summed E-state index contributed by atoms with van der Waals surface area (Å²) in [7, 11) is 0. The number of aromatic nitrogens is 2. The first kappa shape index (κ1) is 19.5. The third-order valence-corrected chi connectivity index (χ3v) is 6.89. The zero-order valence-electron chi connectivity index (χ0n) is 16.6. The molecule has 1 aliphatic rings. The molecule has 1 aliphatic heterocycles. The minimum absolute atomic E-state index is 0.330. The van der Waals surface area contributed by atoms with Crippen LogP contribution < -0.4 is 5.32 Å². The number of nitrogens with zero attached hydrogens (tertiary/aromatic N) is 3. The molecule has 2 aromatic heterocycles. The highest BCUT2D eigenvalue weighted by atomic mass is 35.5. The van der Waals surface area contributed by atoms with Crippen LogP contribution in [0.5, 0.6) is 0 Å². The number of thiophene rings is 1. The van der Waals surface area contributed by atoms with Crippen molar-refractivity contribution < 1.29 is 0 Å². The van der Waals surface area contributed by atoms with Crippen LogP contribution in [0.3, 0.4) is 0 Å². The summed E-state index contributed by atoms with van der Waals surface area (Å²) >= 11 is 7.74. The molecular formula is C24H23ClN4S. The van der Waals surface area contributed by atoms with Gasteiger partial charge in [0.1, 0.15) is 17.0 Å². The van der Waals surface area contributed by atoms with E-state index < -0.39 is 0 Å². The minimum Gasteiger partial charge on any atom is -0.367 e. The first-order valence-electron chi connectivity index (χ1n) is 10.3. The molecule has 0 unspecified atom stereocenters. The van der Waals surface area contributed by atoms with Crippen molar-refractivity contribution in [3.05, 3.63) is 76.9 Å². The monoisotopic (exact) mass is 434 g/mol. The summed E-state index contributed by atoms with van der Waals surface area (Å²) in [5.74, 6) is 0.895. The van der Waals surface area contributed by atoms with Crippen LogP contribution in [-0.2, 0) is 0 Å². The predicted octanol–water partition coefficient (Wildman–Crippen LogP) is 6.26. The average molecular weight is 435 g/mol. The van der Waals surface area contributed by atoms with Gasteiger partial charge in [-0.25, -0.2) is 9.97 Å². The molecule has 2 aromatic carbocycles. The summed E-state index contributed by atoms with van der Waals surface area (Å²) in [5, 5.41) is 7.64. The van der Waals surface area contributed by atoms with Crippen molar-refractivity contribution in [1.29, 1.82) is 0 Å². The molecule has 6 heteroatoms. The normalized spacial score (nSPS) is 15.5. The van der Waals surface area contributed by atoms with Gasteiger partial charge in [0.15, 0.2) is 0 Å². The maximum absolute atomic E-state index is 6.09. The second-order valence-electron chi connectivity index (χ2n) is 7.61. The molecule has 152 valence electrons. The van der Waals surface area contributed by atoms with E-state index in [1.807, 2.05) is 12.1 Å². The number of benzene rings is 2. The van der Waals surface area contributed by atoms with Gasteiger partial charge in [0.2, 0.25) is 0 Å². The van der Waals surface area contributed by atoms with Gasteiger partial charge in [-0.2, -0.15) is 0 Å². The smallest absolute Gasteiger partial charge is 0.138 e. The van der Waals surface area contributed by atoms with E-state index in [2.05, 4.69) is 68.0 Å². The summed E-state index contributed by atoms with van der Waals surface area (Å²) in [6, 6.07) is 19.1. The van der Waals surface area contributed by atoms with E-state index in [-0.39, 0.29) is 0 Å². The molecule has 0 radical (unpaired) electrons. The molecule has 30 heavy (non-hydrogen) atoms. The Labute approximate surface area is 185 Å². The zero-order chi connectivity index (χ0) is 20.3. The molecule has 1 saturated heterocycles. The summed E-state index contributed by atoms with van der Waals surface area (Å²) in [6.45, 7) is 3.11. The molecule has 1 atom stereocenters. The predicted molar refractivity (Wildman–Crippen MR) is 126 cm³/mol. The standard InChI is InChI=1S/C24H23ClN4S/c25-19-10-8-17(9-11-19)20-15-30-24-22(20)23(27-16-28-24)26-14-21(29-12-4-5-13-29)18-6-2-1-3-7-18/h1-3,6-11,15-16,21H,4-5,12-14H2,(H,26,27,28)/t21-/m0/s1. The van der Waals surface area contributed by atoms with Gasteiger partial charge in [0.05, 0.1) is 11.4 Å². The lowest BCUT2D eigenvalue weighted by atomic mass is 10.0. The van der Waals surface area contributed by atoms with E-state index in [0.29, 0.717) is 6.04 Å². The van der Waals surface area contributed by atoms with Crippen molar-refractivity contribution in [2.45, 2.75) is 18.9 Å². The van der Waals surface area contributed by atoms with E-state index in [1.54, 1.807) is 17.7 Å². The molecule has 0 spiro atoms. The first-order chi connectivity index (χ1) is 14.8. The number of anilines is 1. The molecule has 1 N–H and O–H groups in total. The van der Waals surface area contributed by atoms with Gasteiger partial charge in [-0.05, 0) is 49.2 Å². The van der Waals surface area contributed by atoms with Crippen molar-refractivity contribution in [1.82, 2.24) is 14.9 Å². The van der Waals surface area contributed by atoms with Gasteiger partial charge in [-0.15, -0.1) is 11.3 Å². The van der Waals surface area contributed by atoms with Gasteiger partial charge in [-0.1, -0.05) is 54.1 Å². The van der Waals surface area contributed by atoms with Crippen LogP contribution in [0.1, 0.15) is 24.4 Å². The number of likely N-dealkylation sites (tertiary alicyclic amines) is 1. The fourth-order valence-electron chi connectivity index (χ4n) is 4.23. The van der Waals surface area contributed by atoms with Crippen molar-refractivity contribution in [3.63, 3.8) is 0 Å². The number of fused-ring (bicyclic) bond motifs is 1. The molecular weight excluding hydrogens is 412 g/mol. The van der Waals surface area contributed by atoms with E-state index in [0.717, 1.165) is 51.8 Å². The van der Waals surface area contributed by atoms with Gasteiger partial charge >= 0.3 is 0 Å². The lowest BCUT2D eigenvalue weighted by Crippen LogP contribution is -2.31. The molecule has 0 bridgehead atoms. The number of rotatable bonds is 6. The fraction of sp³-hybridized carbons (Fsp3) is 0.250. The van der Waals surface area contributed by atoms with Crippen LogP contribution in [-0.4, -0.2) is 34.5 Å². The highest BCUT2D eigenvalue weighted by Crippen LogP contribution is 2.37. The summed E-state index contributed by atoms with van der Waals surface area (Å²) < 4.78 is 0. The second-order valence-corrected chi connectivity index (χ2v) is 8.90. The van der Waals surface area contributed by atoms with E-state index in [9.17, 15) is 0 Å². The van der Waals surface area contributed by atoms with Crippen molar-refractivity contribution in [3.8, 4) is 11.1 Å². The Balaban J connectivity index is 1.47. The lowest BCUT2D eigenvalue weighted by Gasteiger charge is -2.28. The Morgan fingerprint density at radius 2 is 1.77 bits per heavy atom.